The molecule has 0 aromatic heterocycles. The van der Waals surface area contributed by atoms with Crippen LogP contribution in [-0.2, 0) is 29.0 Å². The van der Waals surface area contributed by atoms with Gasteiger partial charge >= 0.3 is 0 Å². The van der Waals surface area contributed by atoms with Gasteiger partial charge in [0.15, 0.2) is 0 Å². The molecule has 2 amide bonds. The highest BCUT2D eigenvalue weighted by molar-refractivity contribution is 6.01. The van der Waals surface area contributed by atoms with E-state index in [9.17, 15) is 14.0 Å². The van der Waals surface area contributed by atoms with Gasteiger partial charge in [-0.3, -0.25) is 14.5 Å². The van der Waals surface area contributed by atoms with E-state index in [0.717, 1.165) is 57.4 Å². The number of fused-ring (bicyclic) bond motifs is 1. The highest BCUT2D eigenvalue weighted by atomic mass is 19.1. The van der Waals surface area contributed by atoms with Crippen molar-refractivity contribution in [1.82, 2.24) is 9.80 Å². The lowest BCUT2D eigenvalue weighted by Crippen LogP contribution is -2.45. The van der Waals surface area contributed by atoms with E-state index in [1.165, 1.54) is 33.8 Å². The van der Waals surface area contributed by atoms with Gasteiger partial charge in [-0.15, -0.1) is 0 Å². The lowest BCUT2D eigenvalue weighted by molar-refractivity contribution is -0.139. The second kappa shape index (κ2) is 9.02. The number of likely N-dealkylation sites (tertiary alicyclic amines) is 2. The molecule has 32 heavy (non-hydrogen) atoms. The molecule has 2 aromatic carbocycles. The van der Waals surface area contributed by atoms with Gasteiger partial charge in [0.25, 0.3) is 0 Å². The molecule has 3 heterocycles. The Morgan fingerprint density at radius 3 is 2.25 bits per heavy atom. The highest BCUT2D eigenvalue weighted by Crippen LogP contribution is 2.34. The summed E-state index contributed by atoms with van der Waals surface area (Å²) in [6.45, 7) is 4.60. The summed E-state index contributed by atoms with van der Waals surface area (Å²) in [5, 5.41) is 0. The van der Waals surface area contributed by atoms with Crippen LogP contribution in [0.3, 0.4) is 0 Å². The van der Waals surface area contributed by atoms with Crippen molar-refractivity contribution < 1.29 is 14.0 Å². The van der Waals surface area contributed by atoms with Crippen molar-refractivity contribution >= 4 is 17.5 Å². The normalized spacial score (nSPS) is 19.8. The van der Waals surface area contributed by atoms with Gasteiger partial charge in [0.05, 0.1) is 6.54 Å². The van der Waals surface area contributed by atoms with E-state index in [1.807, 2.05) is 12.1 Å². The third-order valence-electron chi connectivity index (χ3n) is 7.20. The van der Waals surface area contributed by atoms with Crippen molar-refractivity contribution in [3.8, 4) is 0 Å². The molecule has 5 rings (SSSR count). The van der Waals surface area contributed by atoms with Gasteiger partial charge in [-0.1, -0.05) is 24.3 Å². The van der Waals surface area contributed by atoms with E-state index in [2.05, 4.69) is 28.0 Å². The fraction of sp³-hybridized carbons (Fsp3) is 0.462. The number of hydrogen-bond donors (Lipinski definition) is 0. The summed E-state index contributed by atoms with van der Waals surface area (Å²) in [5.74, 6) is -0.289. The number of rotatable bonds is 6. The van der Waals surface area contributed by atoms with Crippen molar-refractivity contribution in [3.63, 3.8) is 0 Å². The molecular weight excluding hydrogens is 405 g/mol. The minimum atomic E-state index is -0.178. The molecule has 0 aliphatic carbocycles. The van der Waals surface area contributed by atoms with Gasteiger partial charge in [-0.2, -0.15) is 0 Å². The molecule has 5 nitrogen and oxygen atoms in total. The Kier molecular flexibility index (Phi) is 5.96. The van der Waals surface area contributed by atoms with E-state index in [4.69, 9.17) is 0 Å². The maximum atomic E-state index is 13.1. The van der Waals surface area contributed by atoms with E-state index in [-0.39, 0.29) is 17.6 Å². The molecule has 0 bridgehead atoms. The second-order valence-corrected chi connectivity index (χ2v) is 9.23. The molecular formula is C26H30FN3O2. The quantitative estimate of drug-likeness (QED) is 0.651. The molecule has 3 aliphatic heterocycles. The molecule has 0 N–H and O–H groups in total. The SMILES string of the molecule is O=C1CCC(=O)N1Cc1ccc2c(c1)N(C1CCN(CCc3ccc(F)cc3)CC1)CC2. The van der Waals surface area contributed by atoms with Crippen LogP contribution in [0.1, 0.15) is 42.4 Å². The van der Waals surface area contributed by atoms with E-state index in [1.54, 1.807) is 0 Å². The molecule has 2 fully saturated rings. The number of halogens is 1. The number of benzene rings is 2. The van der Waals surface area contributed by atoms with E-state index >= 15 is 0 Å². The average Bonchev–Trinajstić information content (AvgIpc) is 3.37. The number of hydrogen-bond acceptors (Lipinski definition) is 4. The monoisotopic (exact) mass is 435 g/mol. The van der Waals surface area contributed by atoms with Crippen LogP contribution in [0.5, 0.6) is 0 Å². The van der Waals surface area contributed by atoms with Crippen molar-refractivity contribution in [3.05, 3.63) is 65.0 Å². The molecule has 6 heteroatoms. The number of carbonyl (C=O) groups is 2. The number of nitrogens with zero attached hydrogens (tertiary/aromatic N) is 3. The zero-order chi connectivity index (χ0) is 22.1. The molecule has 2 saturated heterocycles. The molecule has 168 valence electrons. The van der Waals surface area contributed by atoms with Gasteiger partial charge in [-0.05, 0) is 60.6 Å². The largest absolute Gasteiger partial charge is 0.368 e. The predicted octanol–water partition coefficient (Wildman–Crippen LogP) is 3.54. The van der Waals surface area contributed by atoms with E-state index < -0.39 is 0 Å². The first kappa shape index (κ1) is 21.1. The summed E-state index contributed by atoms with van der Waals surface area (Å²) in [6.07, 6.45) is 4.97. The van der Waals surface area contributed by atoms with Crippen LogP contribution < -0.4 is 4.90 Å². The van der Waals surface area contributed by atoms with Crippen LogP contribution in [0.15, 0.2) is 42.5 Å². The topological polar surface area (TPSA) is 43.9 Å². The Hall–Kier alpha value is -2.73. The van der Waals surface area contributed by atoms with Crippen molar-refractivity contribution in [1.29, 1.82) is 0 Å². The number of anilines is 1. The minimum absolute atomic E-state index is 0.0552. The first-order valence-corrected chi connectivity index (χ1v) is 11.8. The Balaban J connectivity index is 1.18. The van der Waals surface area contributed by atoms with E-state index in [0.29, 0.717) is 25.4 Å². The fourth-order valence-corrected chi connectivity index (χ4v) is 5.30. The molecule has 2 aromatic rings. The lowest BCUT2D eigenvalue weighted by atomic mass is 10.0. The Labute approximate surface area is 188 Å². The first-order chi connectivity index (χ1) is 15.6. The standard InChI is InChI=1S/C26H30FN3O2/c27-22-5-2-19(3-6-22)9-13-28-14-11-23(12-15-28)29-16-10-21-4-1-20(17-24(21)29)18-30-25(31)7-8-26(30)32/h1-6,17,23H,7-16,18H2. The number of piperidine rings is 1. The number of imide groups is 1. The van der Waals surface area contributed by atoms with Crippen LogP contribution in [-0.4, -0.2) is 53.8 Å². The molecule has 0 atom stereocenters. The van der Waals surface area contributed by atoms with Crippen LogP contribution in [0, 0.1) is 5.82 Å². The summed E-state index contributed by atoms with van der Waals surface area (Å²) in [6, 6.07) is 13.8. The van der Waals surface area contributed by atoms with Crippen molar-refractivity contribution in [2.45, 2.75) is 51.1 Å². The fourth-order valence-electron chi connectivity index (χ4n) is 5.30. The van der Waals surface area contributed by atoms with Crippen molar-refractivity contribution in [2.24, 2.45) is 0 Å². The summed E-state index contributed by atoms with van der Waals surface area (Å²) in [4.78, 5) is 30.5. The number of amides is 2. The summed E-state index contributed by atoms with van der Waals surface area (Å²) >= 11 is 0. The second-order valence-electron chi connectivity index (χ2n) is 9.23. The van der Waals surface area contributed by atoms with Gasteiger partial charge in [0, 0.05) is 50.7 Å². The zero-order valence-corrected chi connectivity index (χ0v) is 18.4. The van der Waals surface area contributed by atoms with Crippen LogP contribution in [0.25, 0.3) is 0 Å². The van der Waals surface area contributed by atoms with Gasteiger partial charge < -0.3 is 9.80 Å². The molecule has 0 radical (unpaired) electrons. The molecule has 0 spiro atoms. The van der Waals surface area contributed by atoms with Crippen LogP contribution >= 0.6 is 0 Å². The predicted molar refractivity (Wildman–Crippen MR) is 122 cm³/mol. The summed E-state index contributed by atoms with van der Waals surface area (Å²) in [7, 11) is 0. The first-order valence-electron chi connectivity index (χ1n) is 11.8. The third kappa shape index (κ3) is 4.42. The maximum absolute atomic E-state index is 13.1. The average molecular weight is 436 g/mol. The van der Waals surface area contributed by atoms with Gasteiger partial charge in [0.2, 0.25) is 11.8 Å². The molecule has 3 aliphatic rings. The van der Waals surface area contributed by atoms with Gasteiger partial charge in [0.1, 0.15) is 5.82 Å². The van der Waals surface area contributed by atoms with Crippen LogP contribution in [0.4, 0.5) is 10.1 Å². The maximum Gasteiger partial charge on any atom is 0.229 e. The lowest BCUT2D eigenvalue weighted by Gasteiger charge is -2.38. The highest BCUT2D eigenvalue weighted by Gasteiger charge is 2.31. The Bertz CT molecular complexity index is 983. The number of carbonyl (C=O) groups excluding carboxylic acids is 2. The van der Waals surface area contributed by atoms with Crippen molar-refractivity contribution in [2.75, 3.05) is 31.1 Å². The minimum Gasteiger partial charge on any atom is -0.368 e. The third-order valence-corrected chi connectivity index (χ3v) is 7.20. The molecule has 0 saturated carbocycles. The zero-order valence-electron chi connectivity index (χ0n) is 18.4. The summed E-state index contributed by atoms with van der Waals surface area (Å²) in [5.41, 5.74) is 4.87. The Morgan fingerprint density at radius 1 is 0.844 bits per heavy atom. The van der Waals surface area contributed by atoms with Crippen LogP contribution in [0.2, 0.25) is 0 Å². The summed E-state index contributed by atoms with van der Waals surface area (Å²) < 4.78 is 13.1. The molecule has 0 unspecified atom stereocenters. The van der Waals surface area contributed by atoms with Gasteiger partial charge in [-0.25, -0.2) is 4.39 Å². The Morgan fingerprint density at radius 2 is 1.53 bits per heavy atom. The smallest absolute Gasteiger partial charge is 0.229 e.